The summed E-state index contributed by atoms with van der Waals surface area (Å²) in [5.41, 5.74) is -0.156. The maximum atomic E-state index is 11.2. The minimum atomic E-state index is -0.156. The Morgan fingerprint density at radius 3 is 2.80 bits per heavy atom. The molecule has 0 aliphatic carbocycles. The van der Waals surface area contributed by atoms with Crippen molar-refractivity contribution in [1.29, 1.82) is 0 Å². The molecule has 0 bridgehead atoms. The second kappa shape index (κ2) is 5.90. The maximum Gasteiger partial charge on any atom is 0.267 e. The summed E-state index contributed by atoms with van der Waals surface area (Å²) in [5.74, 6) is 1.24. The average Bonchev–Trinajstić information content (AvgIpc) is 2.25. The molecule has 0 amide bonds. The molecule has 0 aliphatic heterocycles. The lowest BCUT2D eigenvalue weighted by molar-refractivity contribution is 0.518. The van der Waals surface area contributed by atoms with Crippen molar-refractivity contribution in [2.45, 2.75) is 26.7 Å². The van der Waals surface area contributed by atoms with Gasteiger partial charge in [-0.15, -0.1) is 0 Å². The zero-order valence-corrected chi connectivity index (χ0v) is 10.6. The summed E-state index contributed by atoms with van der Waals surface area (Å²) in [4.78, 5) is 17.8. The van der Waals surface area contributed by atoms with Crippen molar-refractivity contribution in [2.24, 2.45) is 5.92 Å². The van der Waals surface area contributed by atoms with E-state index in [-0.39, 0.29) is 5.56 Å². The van der Waals surface area contributed by atoms with Gasteiger partial charge >= 0.3 is 0 Å². The van der Waals surface area contributed by atoms with Crippen LogP contribution in [0.3, 0.4) is 0 Å². The molecule has 4 nitrogen and oxygen atoms in total. The Morgan fingerprint density at radius 1 is 1.53 bits per heavy atom. The van der Waals surface area contributed by atoms with Crippen molar-refractivity contribution in [2.75, 3.05) is 11.9 Å². The van der Waals surface area contributed by atoms with E-state index in [2.05, 4.69) is 45.1 Å². The fourth-order valence-corrected chi connectivity index (χ4v) is 1.68. The van der Waals surface area contributed by atoms with Gasteiger partial charge in [-0.25, -0.2) is 4.98 Å². The third-order valence-electron chi connectivity index (χ3n) is 2.51. The van der Waals surface area contributed by atoms with E-state index in [9.17, 15) is 4.79 Å². The van der Waals surface area contributed by atoms with Gasteiger partial charge in [0.25, 0.3) is 5.56 Å². The Balaban J connectivity index is 2.65. The number of H-pyrrole nitrogens is 1. The van der Waals surface area contributed by atoms with Crippen molar-refractivity contribution in [1.82, 2.24) is 9.97 Å². The van der Waals surface area contributed by atoms with Gasteiger partial charge in [0.1, 0.15) is 10.3 Å². The molecular weight excluding hydrogens is 258 g/mol. The number of nitrogens with zero attached hydrogens (tertiary/aromatic N) is 1. The summed E-state index contributed by atoms with van der Waals surface area (Å²) in [6, 6.07) is 0. The number of hydrogen-bond donors (Lipinski definition) is 2. The summed E-state index contributed by atoms with van der Waals surface area (Å²) in [6.45, 7) is 5.17. The van der Waals surface area contributed by atoms with Gasteiger partial charge in [-0.05, 0) is 21.8 Å². The first kappa shape index (κ1) is 12.2. The molecule has 84 valence electrons. The fraction of sp³-hybridized carbons (Fsp3) is 0.600. The van der Waals surface area contributed by atoms with Crippen molar-refractivity contribution in [3.8, 4) is 0 Å². The number of aromatic amines is 1. The molecule has 0 spiro atoms. The minimum absolute atomic E-state index is 0.156. The zero-order valence-electron chi connectivity index (χ0n) is 9.01. The SMILES string of the molecule is CCC(CC)CNc1nc[nH]c(=O)c1Br. The highest BCUT2D eigenvalue weighted by Crippen LogP contribution is 2.15. The highest BCUT2D eigenvalue weighted by Gasteiger charge is 2.07. The molecule has 0 radical (unpaired) electrons. The summed E-state index contributed by atoms with van der Waals surface area (Å²) < 4.78 is 0.468. The molecule has 15 heavy (non-hydrogen) atoms. The van der Waals surface area contributed by atoms with E-state index in [0.717, 1.165) is 19.4 Å². The molecule has 0 aromatic carbocycles. The van der Waals surface area contributed by atoms with Crippen LogP contribution in [0.25, 0.3) is 0 Å². The molecular formula is C10H16BrN3O. The van der Waals surface area contributed by atoms with Crippen molar-refractivity contribution < 1.29 is 0 Å². The van der Waals surface area contributed by atoms with Crippen LogP contribution < -0.4 is 10.9 Å². The first-order valence-electron chi connectivity index (χ1n) is 5.16. The Morgan fingerprint density at radius 2 is 2.20 bits per heavy atom. The number of aromatic nitrogens is 2. The van der Waals surface area contributed by atoms with Crippen LogP contribution in [0.15, 0.2) is 15.6 Å². The first-order chi connectivity index (χ1) is 7.19. The second-order valence-corrected chi connectivity index (χ2v) is 4.25. The van der Waals surface area contributed by atoms with Crippen LogP contribution in [0, 0.1) is 5.92 Å². The molecule has 1 heterocycles. The van der Waals surface area contributed by atoms with Crippen molar-refractivity contribution in [3.63, 3.8) is 0 Å². The molecule has 2 N–H and O–H groups in total. The quantitative estimate of drug-likeness (QED) is 0.866. The van der Waals surface area contributed by atoms with E-state index >= 15 is 0 Å². The Hall–Kier alpha value is -0.840. The Bertz CT molecular complexity index is 360. The topological polar surface area (TPSA) is 57.8 Å². The Kier molecular flexibility index (Phi) is 4.81. The Labute approximate surface area is 97.6 Å². The number of halogens is 1. The predicted octanol–water partition coefficient (Wildman–Crippen LogP) is 2.38. The van der Waals surface area contributed by atoms with E-state index in [1.165, 1.54) is 6.33 Å². The number of nitrogens with one attached hydrogen (secondary N) is 2. The normalized spacial score (nSPS) is 10.7. The fourth-order valence-electron chi connectivity index (χ4n) is 1.32. The highest BCUT2D eigenvalue weighted by molar-refractivity contribution is 9.10. The standard InChI is InChI=1S/C10H16BrN3O/c1-3-7(4-2)5-12-9-8(11)10(15)14-6-13-9/h6-7H,3-5H2,1-2H3,(H2,12,13,14,15). The lowest BCUT2D eigenvalue weighted by Crippen LogP contribution is -2.17. The van der Waals surface area contributed by atoms with Gasteiger partial charge in [-0.2, -0.15) is 0 Å². The van der Waals surface area contributed by atoms with Gasteiger partial charge < -0.3 is 10.3 Å². The van der Waals surface area contributed by atoms with Crippen LogP contribution in [0.4, 0.5) is 5.82 Å². The molecule has 0 unspecified atom stereocenters. The van der Waals surface area contributed by atoms with Crippen molar-refractivity contribution >= 4 is 21.7 Å². The van der Waals surface area contributed by atoms with Crippen LogP contribution in [-0.2, 0) is 0 Å². The molecule has 1 aromatic rings. The largest absolute Gasteiger partial charge is 0.369 e. The van der Waals surface area contributed by atoms with Crippen LogP contribution >= 0.6 is 15.9 Å². The van der Waals surface area contributed by atoms with E-state index in [1.807, 2.05) is 0 Å². The van der Waals surface area contributed by atoms with E-state index < -0.39 is 0 Å². The number of anilines is 1. The van der Waals surface area contributed by atoms with Crippen LogP contribution in [-0.4, -0.2) is 16.5 Å². The van der Waals surface area contributed by atoms with Gasteiger partial charge in [0.15, 0.2) is 0 Å². The van der Waals surface area contributed by atoms with Gasteiger partial charge in [0.05, 0.1) is 6.33 Å². The third kappa shape index (κ3) is 3.34. The number of rotatable bonds is 5. The second-order valence-electron chi connectivity index (χ2n) is 3.46. The molecule has 0 saturated heterocycles. The van der Waals surface area contributed by atoms with Gasteiger partial charge in [0, 0.05) is 6.54 Å². The molecule has 5 heteroatoms. The zero-order chi connectivity index (χ0) is 11.3. The molecule has 0 fully saturated rings. The molecule has 1 aromatic heterocycles. The lowest BCUT2D eigenvalue weighted by Gasteiger charge is -2.13. The number of hydrogen-bond acceptors (Lipinski definition) is 3. The first-order valence-corrected chi connectivity index (χ1v) is 5.95. The molecule has 0 atom stereocenters. The summed E-state index contributed by atoms with van der Waals surface area (Å²) in [7, 11) is 0. The van der Waals surface area contributed by atoms with Crippen LogP contribution in [0.5, 0.6) is 0 Å². The molecule has 0 aliphatic rings. The summed E-state index contributed by atoms with van der Waals surface area (Å²) in [6.07, 6.45) is 3.66. The van der Waals surface area contributed by atoms with Gasteiger partial charge in [-0.1, -0.05) is 26.7 Å². The monoisotopic (exact) mass is 273 g/mol. The minimum Gasteiger partial charge on any atom is -0.369 e. The highest BCUT2D eigenvalue weighted by atomic mass is 79.9. The van der Waals surface area contributed by atoms with E-state index in [0.29, 0.717) is 16.2 Å². The van der Waals surface area contributed by atoms with Crippen LogP contribution in [0.2, 0.25) is 0 Å². The maximum absolute atomic E-state index is 11.2. The smallest absolute Gasteiger partial charge is 0.267 e. The van der Waals surface area contributed by atoms with Crippen LogP contribution in [0.1, 0.15) is 26.7 Å². The van der Waals surface area contributed by atoms with Gasteiger partial charge in [0.2, 0.25) is 0 Å². The summed E-state index contributed by atoms with van der Waals surface area (Å²) >= 11 is 3.21. The van der Waals surface area contributed by atoms with E-state index in [4.69, 9.17) is 0 Å². The average molecular weight is 274 g/mol. The van der Waals surface area contributed by atoms with Crippen molar-refractivity contribution in [3.05, 3.63) is 21.2 Å². The van der Waals surface area contributed by atoms with Gasteiger partial charge in [-0.3, -0.25) is 4.79 Å². The lowest BCUT2D eigenvalue weighted by atomic mass is 10.0. The van der Waals surface area contributed by atoms with E-state index in [1.54, 1.807) is 0 Å². The summed E-state index contributed by atoms with van der Waals surface area (Å²) in [5, 5.41) is 3.18. The molecule has 1 rings (SSSR count). The molecule has 0 saturated carbocycles. The third-order valence-corrected chi connectivity index (χ3v) is 3.25. The predicted molar refractivity (Wildman–Crippen MR) is 65.1 cm³/mol.